The molecule has 0 spiro atoms. The van der Waals surface area contributed by atoms with Crippen LogP contribution in [0.25, 0.3) is 16.9 Å². The van der Waals surface area contributed by atoms with Gasteiger partial charge in [0.1, 0.15) is 17.8 Å². The molecule has 0 saturated carbocycles. The van der Waals surface area contributed by atoms with Gasteiger partial charge in [0, 0.05) is 18.0 Å². The van der Waals surface area contributed by atoms with Gasteiger partial charge < -0.3 is 5.73 Å². The van der Waals surface area contributed by atoms with Crippen molar-refractivity contribution in [1.82, 2.24) is 29.5 Å². The van der Waals surface area contributed by atoms with Crippen LogP contribution in [-0.4, -0.2) is 29.5 Å². The Morgan fingerprint density at radius 1 is 0.962 bits per heavy atom. The van der Waals surface area contributed by atoms with E-state index in [2.05, 4.69) is 42.7 Å². The summed E-state index contributed by atoms with van der Waals surface area (Å²) in [5, 5.41) is 0. The molecule has 4 rings (SSSR count). The van der Waals surface area contributed by atoms with Gasteiger partial charge in [-0.1, -0.05) is 5.92 Å². The number of benzene rings is 1. The zero-order valence-electron chi connectivity index (χ0n) is 13.5. The maximum atomic E-state index is 5.67. The van der Waals surface area contributed by atoms with E-state index in [1.807, 2.05) is 22.8 Å². The lowest BCUT2D eigenvalue weighted by Gasteiger charge is -2.03. The zero-order valence-corrected chi connectivity index (χ0v) is 13.5. The SMILES string of the molecule is C#Cc1nccc(C#Cc2ccc3ncn(-c4ccnc(N)n4)c3c2)n1. The van der Waals surface area contributed by atoms with Gasteiger partial charge in [-0.05, 0) is 42.2 Å². The Morgan fingerprint density at radius 2 is 1.85 bits per heavy atom. The van der Waals surface area contributed by atoms with E-state index in [-0.39, 0.29) is 5.95 Å². The second-order valence-corrected chi connectivity index (χ2v) is 5.25. The maximum Gasteiger partial charge on any atom is 0.221 e. The molecule has 7 heteroatoms. The first-order valence-electron chi connectivity index (χ1n) is 7.60. The van der Waals surface area contributed by atoms with Gasteiger partial charge in [-0.3, -0.25) is 4.57 Å². The summed E-state index contributed by atoms with van der Waals surface area (Å²) in [7, 11) is 0. The third-order valence-corrected chi connectivity index (χ3v) is 3.57. The van der Waals surface area contributed by atoms with Crippen LogP contribution in [-0.2, 0) is 0 Å². The number of terminal acetylenes is 1. The minimum atomic E-state index is 0.202. The number of hydrogen-bond acceptors (Lipinski definition) is 6. The molecule has 0 radical (unpaired) electrons. The summed E-state index contributed by atoms with van der Waals surface area (Å²) in [5.74, 6) is 9.61. The number of hydrogen-bond donors (Lipinski definition) is 1. The van der Waals surface area contributed by atoms with Crippen molar-refractivity contribution < 1.29 is 0 Å². The van der Waals surface area contributed by atoms with E-state index in [0.717, 1.165) is 16.6 Å². The van der Waals surface area contributed by atoms with Crippen molar-refractivity contribution in [2.45, 2.75) is 0 Å². The van der Waals surface area contributed by atoms with E-state index in [9.17, 15) is 0 Å². The highest BCUT2D eigenvalue weighted by Crippen LogP contribution is 2.18. The Bertz CT molecular complexity index is 1220. The van der Waals surface area contributed by atoms with Crippen molar-refractivity contribution in [2.75, 3.05) is 5.73 Å². The van der Waals surface area contributed by atoms with Crippen LogP contribution in [0.1, 0.15) is 17.1 Å². The normalized spacial score (nSPS) is 10.1. The summed E-state index contributed by atoms with van der Waals surface area (Å²) in [6, 6.07) is 9.19. The van der Waals surface area contributed by atoms with Gasteiger partial charge in [0.05, 0.1) is 11.0 Å². The zero-order chi connectivity index (χ0) is 17.9. The first-order valence-corrected chi connectivity index (χ1v) is 7.60. The van der Waals surface area contributed by atoms with Gasteiger partial charge >= 0.3 is 0 Å². The summed E-state index contributed by atoms with van der Waals surface area (Å²) in [4.78, 5) is 20.6. The van der Waals surface area contributed by atoms with Gasteiger partial charge in [-0.2, -0.15) is 4.98 Å². The van der Waals surface area contributed by atoms with Crippen molar-refractivity contribution in [3.63, 3.8) is 0 Å². The van der Waals surface area contributed by atoms with Gasteiger partial charge in [0.2, 0.25) is 11.8 Å². The molecule has 0 atom stereocenters. The van der Waals surface area contributed by atoms with E-state index in [1.165, 1.54) is 0 Å². The minimum Gasteiger partial charge on any atom is -0.368 e. The van der Waals surface area contributed by atoms with E-state index in [0.29, 0.717) is 17.3 Å². The average molecular weight is 337 g/mol. The highest BCUT2D eigenvalue weighted by Gasteiger charge is 2.07. The number of rotatable bonds is 1. The van der Waals surface area contributed by atoms with Crippen molar-refractivity contribution in [1.29, 1.82) is 0 Å². The molecule has 0 saturated heterocycles. The molecular weight excluding hydrogens is 326 g/mol. The molecule has 0 aliphatic carbocycles. The molecule has 0 aliphatic rings. The Morgan fingerprint density at radius 3 is 2.69 bits per heavy atom. The molecule has 0 fully saturated rings. The van der Waals surface area contributed by atoms with Gasteiger partial charge in [-0.15, -0.1) is 6.42 Å². The Hall–Kier alpha value is -4.23. The molecule has 26 heavy (non-hydrogen) atoms. The first kappa shape index (κ1) is 15.3. The van der Waals surface area contributed by atoms with Crippen LogP contribution >= 0.6 is 0 Å². The lowest BCUT2D eigenvalue weighted by atomic mass is 10.2. The first-order chi connectivity index (χ1) is 12.7. The molecule has 4 aromatic rings. The fourth-order valence-corrected chi connectivity index (χ4v) is 2.40. The van der Waals surface area contributed by atoms with Crippen molar-refractivity contribution in [2.24, 2.45) is 0 Å². The average Bonchev–Trinajstić information content (AvgIpc) is 3.10. The molecule has 7 nitrogen and oxygen atoms in total. The van der Waals surface area contributed by atoms with Crippen molar-refractivity contribution in [3.05, 3.63) is 66.1 Å². The number of nitrogens with two attached hydrogens (primary N) is 1. The fourth-order valence-electron chi connectivity index (χ4n) is 2.40. The molecule has 3 heterocycles. The highest BCUT2D eigenvalue weighted by molar-refractivity contribution is 5.78. The van der Waals surface area contributed by atoms with Crippen LogP contribution < -0.4 is 5.73 Å². The molecule has 3 aromatic heterocycles. The number of aromatic nitrogens is 6. The van der Waals surface area contributed by atoms with E-state index in [4.69, 9.17) is 12.2 Å². The van der Waals surface area contributed by atoms with E-state index >= 15 is 0 Å². The predicted octanol–water partition coefficient (Wildman–Crippen LogP) is 1.57. The lowest BCUT2D eigenvalue weighted by molar-refractivity contribution is 1.00. The molecule has 0 amide bonds. The van der Waals surface area contributed by atoms with Crippen LogP contribution in [0.5, 0.6) is 0 Å². The summed E-state index contributed by atoms with van der Waals surface area (Å²) >= 11 is 0. The number of imidazole rings is 1. The van der Waals surface area contributed by atoms with Crippen molar-refractivity contribution in [3.8, 4) is 30.0 Å². The maximum absolute atomic E-state index is 5.67. The third-order valence-electron chi connectivity index (χ3n) is 3.57. The monoisotopic (exact) mass is 337 g/mol. The molecule has 122 valence electrons. The lowest BCUT2D eigenvalue weighted by Crippen LogP contribution is -2.01. The van der Waals surface area contributed by atoms with Crippen LogP contribution in [0.3, 0.4) is 0 Å². The third kappa shape index (κ3) is 2.93. The van der Waals surface area contributed by atoms with Gasteiger partial charge in [-0.25, -0.2) is 19.9 Å². The Balaban J connectivity index is 1.75. The fraction of sp³-hybridized carbons (Fsp3) is 0. The molecule has 0 aliphatic heterocycles. The van der Waals surface area contributed by atoms with Crippen LogP contribution in [0.4, 0.5) is 5.95 Å². The number of nitrogen functional groups attached to an aromatic ring is 1. The summed E-state index contributed by atoms with van der Waals surface area (Å²) in [6.45, 7) is 0. The highest BCUT2D eigenvalue weighted by atomic mass is 15.1. The molecule has 1 aromatic carbocycles. The second-order valence-electron chi connectivity index (χ2n) is 5.25. The number of nitrogens with zero attached hydrogens (tertiary/aromatic N) is 6. The predicted molar refractivity (Wildman–Crippen MR) is 97.0 cm³/mol. The van der Waals surface area contributed by atoms with Gasteiger partial charge in [0.15, 0.2) is 0 Å². The quantitative estimate of drug-likeness (QED) is 0.530. The minimum absolute atomic E-state index is 0.202. The smallest absolute Gasteiger partial charge is 0.221 e. The van der Waals surface area contributed by atoms with Crippen LogP contribution in [0.15, 0.2) is 49.1 Å². The topological polar surface area (TPSA) is 95.4 Å². The second kappa shape index (κ2) is 6.34. The summed E-state index contributed by atoms with van der Waals surface area (Å²) < 4.78 is 1.83. The molecule has 2 N–H and O–H groups in total. The van der Waals surface area contributed by atoms with Gasteiger partial charge in [0.25, 0.3) is 0 Å². The standard InChI is InChI=1S/C19H11N7/c1-2-17-21-9-7-14(24-17)5-3-13-4-6-15-16(11-13)26(12-23-15)18-8-10-22-19(20)25-18/h1,4,6-12H,(H2,20,22,25). The summed E-state index contributed by atoms with van der Waals surface area (Å²) in [5.41, 5.74) is 8.72. The molecule has 0 bridgehead atoms. The van der Waals surface area contributed by atoms with Crippen molar-refractivity contribution >= 4 is 17.0 Å². The number of anilines is 1. The van der Waals surface area contributed by atoms with Crippen LogP contribution in [0.2, 0.25) is 0 Å². The Labute approximate surface area is 149 Å². The molecule has 0 unspecified atom stereocenters. The van der Waals surface area contributed by atoms with E-state index in [1.54, 1.807) is 30.9 Å². The largest absolute Gasteiger partial charge is 0.368 e. The van der Waals surface area contributed by atoms with E-state index < -0.39 is 0 Å². The summed E-state index contributed by atoms with van der Waals surface area (Å²) in [6.07, 6.45) is 10.2. The van der Waals surface area contributed by atoms with Crippen LogP contribution in [0, 0.1) is 24.2 Å². The Kier molecular flexibility index (Phi) is 3.74. The molecular formula is C19H11N7. The number of fused-ring (bicyclic) bond motifs is 1.